The third kappa shape index (κ3) is 3.18. The highest BCUT2D eigenvalue weighted by Gasteiger charge is 3.02. The van der Waals surface area contributed by atoms with E-state index >= 15 is 0 Å². The molecule has 1 aliphatic rings. The maximum atomic E-state index is 14.2. The van der Waals surface area contributed by atoms with Crippen molar-refractivity contribution in [2.24, 2.45) is 0 Å². The minimum Gasteiger partial charge on any atom is -0.332 e. The average molecular weight is 490 g/mol. The molecule has 0 heterocycles. The lowest BCUT2D eigenvalue weighted by molar-refractivity contribution is -0.561. The molecule has 0 amide bonds. The molecular weight excluding hydrogens is 484 g/mol. The first kappa shape index (κ1) is 26.8. The SMILES string of the molecule is CC(F)(F)C(F)OC1(F)C(F)(F)C(F)(F)C(F)(F)C(F)(OC(F)C(O)(F)F)C1(F)F. The Morgan fingerprint density at radius 2 is 0.900 bits per heavy atom. The normalized spacial score (nSPS) is 35.0. The first-order chi connectivity index (χ1) is 12.8. The van der Waals surface area contributed by atoms with E-state index in [2.05, 4.69) is 4.74 Å². The van der Waals surface area contributed by atoms with Crippen LogP contribution in [0.15, 0.2) is 0 Å². The zero-order chi connectivity index (χ0) is 24.6. The molecule has 1 aliphatic carbocycles. The Hall–Kier alpha value is -1.24. The van der Waals surface area contributed by atoms with Crippen molar-refractivity contribution in [3.63, 3.8) is 0 Å². The molecule has 0 bridgehead atoms. The monoisotopic (exact) mass is 490 g/mol. The molecule has 0 spiro atoms. The van der Waals surface area contributed by atoms with E-state index in [1.165, 1.54) is 0 Å². The lowest BCUT2D eigenvalue weighted by atomic mass is 9.77. The quantitative estimate of drug-likeness (QED) is 0.548. The Morgan fingerprint density at radius 1 is 0.600 bits per heavy atom. The number of aliphatic hydroxyl groups is 1. The van der Waals surface area contributed by atoms with Crippen molar-refractivity contribution < 1.29 is 84.8 Å². The zero-order valence-corrected chi connectivity index (χ0v) is 13.5. The van der Waals surface area contributed by atoms with E-state index in [0.29, 0.717) is 0 Å². The summed E-state index contributed by atoms with van der Waals surface area (Å²) in [5.41, 5.74) is 0. The summed E-state index contributed by atoms with van der Waals surface area (Å²) in [6.07, 6.45) is -16.8. The van der Waals surface area contributed by atoms with Crippen LogP contribution in [0.5, 0.6) is 0 Å². The standard InChI is InChI=1S/C11H6F16O3/c1-4(14,15)2(12)29-10(26)7(20,21)6(18,19)8(22,23)11(27,9(10,24)25)30-3(13)5(16,17)28/h2-3,28H,1H3. The Labute approximate surface area is 153 Å². The van der Waals surface area contributed by atoms with Gasteiger partial charge in [-0.2, -0.15) is 52.7 Å². The molecule has 3 nitrogen and oxygen atoms in total. The summed E-state index contributed by atoms with van der Waals surface area (Å²) >= 11 is 0. The van der Waals surface area contributed by atoms with Crippen LogP contribution in [-0.4, -0.2) is 65.3 Å². The fourth-order valence-corrected chi connectivity index (χ4v) is 1.96. The van der Waals surface area contributed by atoms with E-state index in [4.69, 9.17) is 5.11 Å². The summed E-state index contributed by atoms with van der Waals surface area (Å²) in [6, 6.07) is 0. The third-order valence-corrected chi connectivity index (χ3v) is 3.61. The summed E-state index contributed by atoms with van der Waals surface area (Å²) in [5.74, 6) is -51.6. The van der Waals surface area contributed by atoms with Crippen LogP contribution in [0.3, 0.4) is 0 Å². The molecular formula is C11H6F16O3. The largest absolute Gasteiger partial charge is 0.409 e. The molecule has 1 saturated carbocycles. The van der Waals surface area contributed by atoms with E-state index in [9.17, 15) is 70.2 Å². The zero-order valence-electron chi connectivity index (χ0n) is 13.5. The fraction of sp³-hybridized carbons (Fsp3) is 1.00. The maximum absolute atomic E-state index is 14.2. The van der Waals surface area contributed by atoms with Crippen LogP contribution in [-0.2, 0) is 9.47 Å². The fourth-order valence-electron chi connectivity index (χ4n) is 1.96. The predicted molar refractivity (Wildman–Crippen MR) is 57.2 cm³/mol. The highest BCUT2D eigenvalue weighted by atomic mass is 19.4. The van der Waals surface area contributed by atoms with Gasteiger partial charge in [0, 0.05) is 6.92 Å². The maximum Gasteiger partial charge on any atom is 0.409 e. The number of hydrogen-bond donors (Lipinski definition) is 1. The molecule has 0 aliphatic heterocycles. The van der Waals surface area contributed by atoms with Gasteiger partial charge in [0.1, 0.15) is 0 Å². The molecule has 0 aromatic carbocycles. The van der Waals surface area contributed by atoms with Gasteiger partial charge in [0.2, 0.25) is 0 Å². The molecule has 1 N–H and O–H groups in total. The number of hydrogen-bond acceptors (Lipinski definition) is 3. The second kappa shape index (κ2) is 6.63. The average Bonchev–Trinajstić information content (AvgIpc) is 2.50. The van der Waals surface area contributed by atoms with Crippen molar-refractivity contribution >= 4 is 0 Å². The lowest BCUT2D eigenvalue weighted by Gasteiger charge is -2.54. The van der Waals surface area contributed by atoms with E-state index in [1.807, 2.05) is 4.74 Å². The summed E-state index contributed by atoms with van der Waals surface area (Å²) in [4.78, 5) is 0. The smallest absolute Gasteiger partial charge is 0.332 e. The topological polar surface area (TPSA) is 38.7 Å². The van der Waals surface area contributed by atoms with Gasteiger partial charge in [0.25, 0.3) is 18.6 Å². The van der Waals surface area contributed by atoms with Crippen LogP contribution in [0.1, 0.15) is 6.92 Å². The van der Waals surface area contributed by atoms with Gasteiger partial charge in [-0.25, -0.2) is 17.6 Å². The first-order valence-electron chi connectivity index (χ1n) is 6.76. The Bertz CT molecular complexity index is 604. The molecule has 0 saturated heterocycles. The predicted octanol–water partition coefficient (Wildman–Crippen LogP) is 4.74. The van der Waals surface area contributed by atoms with Crippen molar-refractivity contribution in [1.29, 1.82) is 0 Å². The minimum atomic E-state index is -7.83. The van der Waals surface area contributed by atoms with Gasteiger partial charge in [0.05, 0.1) is 0 Å². The van der Waals surface area contributed by atoms with Crippen LogP contribution in [0.25, 0.3) is 0 Å². The van der Waals surface area contributed by atoms with Gasteiger partial charge in [-0.05, 0) is 0 Å². The van der Waals surface area contributed by atoms with Gasteiger partial charge in [-0.1, -0.05) is 0 Å². The van der Waals surface area contributed by atoms with Crippen LogP contribution in [0.2, 0.25) is 0 Å². The summed E-state index contributed by atoms with van der Waals surface area (Å²) in [5, 5.41) is 7.78. The Balaban J connectivity index is 3.84. The molecule has 30 heavy (non-hydrogen) atoms. The molecule has 0 aromatic heterocycles. The summed E-state index contributed by atoms with van der Waals surface area (Å²) < 4.78 is 217. The van der Waals surface area contributed by atoms with Gasteiger partial charge in [-0.15, -0.1) is 0 Å². The molecule has 4 atom stereocenters. The first-order valence-corrected chi connectivity index (χ1v) is 6.76. The van der Waals surface area contributed by atoms with Gasteiger partial charge < -0.3 is 5.11 Å². The minimum absolute atomic E-state index is 0.712. The van der Waals surface area contributed by atoms with Crippen LogP contribution in [0.4, 0.5) is 70.2 Å². The van der Waals surface area contributed by atoms with Crippen LogP contribution >= 0.6 is 0 Å². The molecule has 1 fully saturated rings. The van der Waals surface area contributed by atoms with E-state index < -0.39 is 67.1 Å². The number of alkyl halides is 16. The Morgan fingerprint density at radius 3 is 1.17 bits per heavy atom. The highest BCUT2D eigenvalue weighted by molar-refractivity contribution is 5.24. The summed E-state index contributed by atoms with van der Waals surface area (Å²) in [7, 11) is 0. The van der Waals surface area contributed by atoms with Crippen molar-refractivity contribution in [1.82, 2.24) is 0 Å². The lowest BCUT2D eigenvalue weighted by Crippen LogP contribution is -2.86. The van der Waals surface area contributed by atoms with Crippen molar-refractivity contribution in [2.45, 2.75) is 67.1 Å². The van der Waals surface area contributed by atoms with E-state index in [-0.39, 0.29) is 0 Å². The van der Waals surface area contributed by atoms with Crippen LogP contribution in [0, 0.1) is 0 Å². The third-order valence-electron chi connectivity index (χ3n) is 3.61. The number of rotatable bonds is 6. The van der Waals surface area contributed by atoms with Gasteiger partial charge >= 0.3 is 41.5 Å². The van der Waals surface area contributed by atoms with Crippen molar-refractivity contribution in [2.75, 3.05) is 0 Å². The number of ether oxygens (including phenoxy) is 2. The molecule has 0 radical (unpaired) electrons. The summed E-state index contributed by atoms with van der Waals surface area (Å²) in [6.45, 7) is -0.712. The molecule has 4 unspecified atom stereocenters. The number of halogens is 16. The van der Waals surface area contributed by atoms with Gasteiger partial charge in [-0.3, -0.25) is 9.47 Å². The van der Waals surface area contributed by atoms with E-state index in [1.54, 1.807) is 0 Å². The molecule has 1 rings (SSSR count). The van der Waals surface area contributed by atoms with Crippen molar-refractivity contribution in [3.05, 3.63) is 0 Å². The van der Waals surface area contributed by atoms with E-state index in [0.717, 1.165) is 0 Å². The second-order valence-corrected chi connectivity index (χ2v) is 5.90. The molecule has 0 aromatic rings. The highest BCUT2D eigenvalue weighted by Crippen LogP contribution is 2.70. The molecule has 180 valence electrons. The second-order valence-electron chi connectivity index (χ2n) is 5.90. The van der Waals surface area contributed by atoms with Crippen LogP contribution < -0.4 is 0 Å². The van der Waals surface area contributed by atoms with Gasteiger partial charge in [0.15, 0.2) is 0 Å². The Kier molecular flexibility index (Phi) is 5.92. The van der Waals surface area contributed by atoms with Crippen molar-refractivity contribution in [3.8, 4) is 0 Å². The molecule has 19 heteroatoms.